The van der Waals surface area contributed by atoms with Gasteiger partial charge in [0.2, 0.25) is 0 Å². The Morgan fingerprint density at radius 2 is 1.69 bits per heavy atom. The molecule has 0 fully saturated rings. The summed E-state index contributed by atoms with van der Waals surface area (Å²) in [7, 11) is 0. The first-order valence-electron chi connectivity index (χ1n) is 5.23. The molecular weight excluding hydrogens is 158 g/mol. The zero-order valence-corrected chi connectivity index (χ0v) is 9.94. The third kappa shape index (κ3) is 2.24. The van der Waals surface area contributed by atoms with Crippen molar-refractivity contribution in [3.05, 3.63) is 0 Å². The van der Waals surface area contributed by atoms with E-state index in [1.54, 1.807) is 0 Å². The summed E-state index contributed by atoms with van der Waals surface area (Å²) >= 11 is 0. The van der Waals surface area contributed by atoms with E-state index in [4.69, 9.17) is 5.26 Å². The van der Waals surface area contributed by atoms with Gasteiger partial charge in [0.05, 0.1) is 11.5 Å². The van der Waals surface area contributed by atoms with Gasteiger partial charge < -0.3 is 0 Å². The van der Waals surface area contributed by atoms with Crippen molar-refractivity contribution >= 4 is 0 Å². The predicted molar refractivity (Wildman–Crippen MR) is 57.2 cm³/mol. The fourth-order valence-corrected chi connectivity index (χ4v) is 1.97. The number of hydrogen-bond donors (Lipinski definition) is 0. The summed E-state index contributed by atoms with van der Waals surface area (Å²) in [6.45, 7) is 13.0. The molecule has 76 valence electrons. The minimum Gasteiger partial charge on any atom is -0.198 e. The average Bonchev–Trinajstić information content (AvgIpc) is 2.04. The van der Waals surface area contributed by atoms with Crippen LogP contribution in [-0.2, 0) is 0 Å². The van der Waals surface area contributed by atoms with Crippen LogP contribution in [0, 0.1) is 28.1 Å². The zero-order chi connectivity index (χ0) is 10.7. The van der Waals surface area contributed by atoms with Gasteiger partial charge in [-0.25, -0.2) is 0 Å². The van der Waals surface area contributed by atoms with Gasteiger partial charge in [0.25, 0.3) is 0 Å². The Hall–Kier alpha value is -0.510. The third-order valence-corrected chi connectivity index (χ3v) is 3.75. The number of nitriles is 1. The van der Waals surface area contributed by atoms with Crippen LogP contribution in [0.25, 0.3) is 0 Å². The molecule has 1 atom stereocenters. The normalized spacial score (nSPS) is 16.8. The van der Waals surface area contributed by atoms with Crippen LogP contribution in [0.1, 0.15) is 54.4 Å². The highest BCUT2D eigenvalue weighted by atomic mass is 14.5. The lowest BCUT2D eigenvalue weighted by Crippen LogP contribution is -2.38. The first-order chi connectivity index (χ1) is 5.81. The van der Waals surface area contributed by atoms with Crippen LogP contribution in [0.2, 0.25) is 0 Å². The van der Waals surface area contributed by atoms with Crippen LogP contribution >= 0.6 is 0 Å². The molecule has 0 bridgehead atoms. The second-order valence-corrected chi connectivity index (χ2v) is 5.06. The number of rotatable bonds is 4. The van der Waals surface area contributed by atoms with Gasteiger partial charge in [0.1, 0.15) is 0 Å². The second-order valence-electron chi connectivity index (χ2n) is 5.06. The smallest absolute Gasteiger partial charge is 0.0689 e. The maximum Gasteiger partial charge on any atom is 0.0689 e. The SMILES string of the molecule is CCCC(C)(C(C)C)C(C)(C)C#N. The van der Waals surface area contributed by atoms with Crippen molar-refractivity contribution in [3.8, 4) is 6.07 Å². The molecule has 1 nitrogen and oxygen atoms in total. The molecule has 0 N–H and O–H groups in total. The fraction of sp³-hybridized carbons (Fsp3) is 0.917. The molecular formula is C12H23N. The molecule has 1 heteroatoms. The van der Waals surface area contributed by atoms with E-state index in [9.17, 15) is 0 Å². The Labute approximate surface area is 83.1 Å². The van der Waals surface area contributed by atoms with Gasteiger partial charge in [0.15, 0.2) is 0 Å². The summed E-state index contributed by atoms with van der Waals surface area (Å²) in [4.78, 5) is 0. The van der Waals surface area contributed by atoms with Crippen LogP contribution in [0.4, 0.5) is 0 Å². The van der Waals surface area contributed by atoms with Gasteiger partial charge in [-0.05, 0) is 31.6 Å². The summed E-state index contributed by atoms with van der Waals surface area (Å²) in [5.41, 5.74) is -0.0896. The van der Waals surface area contributed by atoms with Crippen LogP contribution in [0.3, 0.4) is 0 Å². The van der Waals surface area contributed by atoms with E-state index in [0.29, 0.717) is 5.92 Å². The predicted octanol–water partition coefficient (Wildman–Crippen LogP) is 4.00. The van der Waals surface area contributed by atoms with E-state index < -0.39 is 0 Å². The number of nitrogens with zero attached hydrogens (tertiary/aromatic N) is 1. The van der Waals surface area contributed by atoms with Gasteiger partial charge >= 0.3 is 0 Å². The van der Waals surface area contributed by atoms with E-state index >= 15 is 0 Å². The largest absolute Gasteiger partial charge is 0.198 e. The Morgan fingerprint density at radius 3 is 1.92 bits per heavy atom. The molecule has 0 radical (unpaired) electrons. The lowest BCUT2D eigenvalue weighted by Gasteiger charge is -2.43. The molecule has 0 spiro atoms. The van der Waals surface area contributed by atoms with Crippen molar-refractivity contribution in [2.24, 2.45) is 16.7 Å². The van der Waals surface area contributed by atoms with Gasteiger partial charge in [-0.1, -0.05) is 34.1 Å². The molecule has 0 rings (SSSR count). The molecule has 0 amide bonds. The highest BCUT2D eigenvalue weighted by Crippen LogP contribution is 2.47. The summed E-state index contributed by atoms with van der Waals surface area (Å²) in [6.07, 6.45) is 2.28. The molecule has 13 heavy (non-hydrogen) atoms. The Kier molecular flexibility index (Phi) is 3.97. The van der Waals surface area contributed by atoms with E-state index in [-0.39, 0.29) is 10.8 Å². The third-order valence-electron chi connectivity index (χ3n) is 3.75. The molecule has 0 aromatic heterocycles. The van der Waals surface area contributed by atoms with Crippen molar-refractivity contribution in [3.63, 3.8) is 0 Å². The Balaban J connectivity index is 4.91. The summed E-state index contributed by atoms with van der Waals surface area (Å²) in [5.74, 6) is 0.557. The molecule has 0 heterocycles. The summed E-state index contributed by atoms with van der Waals surface area (Å²) in [6, 6.07) is 2.45. The highest BCUT2D eigenvalue weighted by molar-refractivity contribution is 5.04. The van der Waals surface area contributed by atoms with Gasteiger partial charge in [0, 0.05) is 0 Å². The zero-order valence-electron chi connectivity index (χ0n) is 9.94. The van der Waals surface area contributed by atoms with E-state index in [1.807, 2.05) is 0 Å². The molecule has 0 aliphatic heterocycles. The Bertz CT molecular complexity index is 198. The fourth-order valence-electron chi connectivity index (χ4n) is 1.97. The van der Waals surface area contributed by atoms with Crippen molar-refractivity contribution in [1.82, 2.24) is 0 Å². The number of hydrogen-bond acceptors (Lipinski definition) is 1. The Morgan fingerprint density at radius 1 is 1.23 bits per heavy atom. The molecule has 0 aromatic rings. The topological polar surface area (TPSA) is 23.8 Å². The van der Waals surface area contributed by atoms with Crippen molar-refractivity contribution in [2.45, 2.75) is 54.4 Å². The molecule has 0 aromatic carbocycles. The minimum atomic E-state index is -0.225. The van der Waals surface area contributed by atoms with Crippen LogP contribution in [0.15, 0.2) is 0 Å². The standard InChI is InChI=1S/C12H23N/c1-7-8-12(6,10(2)3)11(4,5)9-13/h10H,7-8H2,1-6H3. The van der Waals surface area contributed by atoms with Crippen LogP contribution in [0.5, 0.6) is 0 Å². The van der Waals surface area contributed by atoms with Crippen LogP contribution in [-0.4, -0.2) is 0 Å². The van der Waals surface area contributed by atoms with E-state index in [1.165, 1.54) is 0 Å². The van der Waals surface area contributed by atoms with Gasteiger partial charge in [-0.15, -0.1) is 0 Å². The van der Waals surface area contributed by atoms with Crippen molar-refractivity contribution in [2.75, 3.05) is 0 Å². The maximum absolute atomic E-state index is 9.16. The van der Waals surface area contributed by atoms with Crippen molar-refractivity contribution in [1.29, 1.82) is 5.26 Å². The molecule has 1 unspecified atom stereocenters. The average molecular weight is 181 g/mol. The van der Waals surface area contributed by atoms with Gasteiger partial charge in [-0.2, -0.15) is 5.26 Å². The summed E-state index contributed by atoms with van der Waals surface area (Å²) < 4.78 is 0. The van der Waals surface area contributed by atoms with Crippen molar-refractivity contribution < 1.29 is 0 Å². The monoisotopic (exact) mass is 181 g/mol. The first-order valence-corrected chi connectivity index (χ1v) is 5.23. The molecule has 0 aliphatic rings. The van der Waals surface area contributed by atoms with Crippen LogP contribution < -0.4 is 0 Å². The second kappa shape index (κ2) is 4.13. The minimum absolute atomic E-state index is 0.135. The quantitative estimate of drug-likeness (QED) is 0.643. The molecule has 0 saturated carbocycles. The highest BCUT2D eigenvalue weighted by Gasteiger charge is 2.42. The molecule has 0 aliphatic carbocycles. The molecule has 0 saturated heterocycles. The summed E-state index contributed by atoms with van der Waals surface area (Å²) in [5, 5.41) is 9.16. The van der Waals surface area contributed by atoms with E-state index in [0.717, 1.165) is 12.8 Å². The maximum atomic E-state index is 9.16. The lowest BCUT2D eigenvalue weighted by atomic mass is 9.59. The lowest BCUT2D eigenvalue weighted by molar-refractivity contribution is 0.0702. The van der Waals surface area contributed by atoms with E-state index in [2.05, 4.69) is 47.6 Å². The van der Waals surface area contributed by atoms with Gasteiger partial charge in [-0.3, -0.25) is 0 Å². The first kappa shape index (κ1) is 12.5.